The van der Waals surface area contributed by atoms with Crippen molar-refractivity contribution in [3.05, 3.63) is 35.6 Å². The minimum absolute atomic E-state index is 0.133. The summed E-state index contributed by atoms with van der Waals surface area (Å²) in [5.74, 6) is -0.917. The Hall–Kier alpha value is -1.42. The van der Waals surface area contributed by atoms with Crippen LogP contribution in [0.3, 0.4) is 0 Å². The van der Waals surface area contributed by atoms with E-state index in [1.165, 1.54) is 12.1 Å². The number of aryl methyl sites for hydroxylation is 1. The van der Waals surface area contributed by atoms with Crippen molar-refractivity contribution in [1.82, 2.24) is 0 Å². The van der Waals surface area contributed by atoms with Crippen LogP contribution in [0.4, 0.5) is 4.39 Å². The predicted molar refractivity (Wildman–Crippen MR) is 62.0 cm³/mol. The van der Waals surface area contributed by atoms with E-state index >= 15 is 0 Å². The van der Waals surface area contributed by atoms with Crippen molar-refractivity contribution in [2.24, 2.45) is 17.1 Å². The summed E-state index contributed by atoms with van der Waals surface area (Å²) >= 11 is 0. The highest BCUT2D eigenvalue weighted by atomic mass is 19.1. The predicted octanol–water partition coefficient (Wildman–Crippen LogP) is 1.81. The molecule has 3 nitrogen and oxygen atoms in total. The van der Waals surface area contributed by atoms with Gasteiger partial charge in [-0.2, -0.15) is 0 Å². The SMILES string of the molecule is NCC1(C(=O)O)CC1CCc1cccc(F)c1. The van der Waals surface area contributed by atoms with Gasteiger partial charge in [-0.15, -0.1) is 0 Å². The zero-order valence-electron chi connectivity index (χ0n) is 9.53. The van der Waals surface area contributed by atoms with Gasteiger partial charge in [0.2, 0.25) is 0 Å². The van der Waals surface area contributed by atoms with Crippen LogP contribution in [-0.2, 0) is 11.2 Å². The second-order valence-electron chi connectivity index (χ2n) is 4.74. The summed E-state index contributed by atoms with van der Waals surface area (Å²) in [5.41, 5.74) is 5.71. The molecule has 0 bridgehead atoms. The largest absolute Gasteiger partial charge is 0.481 e. The van der Waals surface area contributed by atoms with Crippen LogP contribution in [0.2, 0.25) is 0 Å². The van der Waals surface area contributed by atoms with Gasteiger partial charge in [-0.1, -0.05) is 12.1 Å². The number of rotatable bonds is 5. The van der Waals surface area contributed by atoms with Crippen molar-refractivity contribution in [3.8, 4) is 0 Å². The number of hydrogen-bond donors (Lipinski definition) is 2. The highest BCUT2D eigenvalue weighted by Crippen LogP contribution is 2.54. The number of aliphatic carboxylic acids is 1. The lowest BCUT2D eigenvalue weighted by atomic mass is 9.99. The van der Waals surface area contributed by atoms with Gasteiger partial charge in [0.05, 0.1) is 5.41 Å². The number of nitrogens with two attached hydrogens (primary N) is 1. The minimum Gasteiger partial charge on any atom is -0.481 e. The number of carbonyl (C=O) groups is 1. The molecule has 2 rings (SSSR count). The first-order valence-corrected chi connectivity index (χ1v) is 5.76. The van der Waals surface area contributed by atoms with Crippen LogP contribution in [0, 0.1) is 17.2 Å². The number of carboxylic acids is 1. The van der Waals surface area contributed by atoms with E-state index in [-0.39, 0.29) is 18.3 Å². The molecule has 1 aromatic carbocycles. The standard InChI is InChI=1S/C13H16FNO2/c14-11-3-1-2-9(6-11)4-5-10-7-13(10,8-15)12(16)17/h1-3,6,10H,4-5,7-8,15H2,(H,16,17). The fourth-order valence-electron chi connectivity index (χ4n) is 2.39. The molecule has 0 aliphatic heterocycles. The Morgan fingerprint density at radius 3 is 2.88 bits per heavy atom. The van der Waals surface area contributed by atoms with Crippen LogP contribution in [0.5, 0.6) is 0 Å². The number of halogens is 1. The summed E-state index contributed by atoms with van der Waals surface area (Å²) in [6.07, 6.45) is 2.11. The number of carboxylic acid groups (broad SMARTS) is 1. The summed E-state index contributed by atoms with van der Waals surface area (Å²) in [4.78, 5) is 11.1. The highest BCUT2D eigenvalue weighted by molar-refractivity contribution is 5.79. The summed E-state index contributed by atoms with van der Waals surface area (Å²) < 4.78 is 12.9. The molecule has 1 aliphatic rings. The van der Waals surface area contributed by atoms with Crippen LogP contribution in [0.1, 0.15) is 18.4 Å². The summed E-state index contributed by atoms with van der Waals surface area (Å²) in [5, 5.41) is 9.08. The van der Waals surface area contributed by atoms with E-state index in [0.29, 0.717) is 12.8 Å². The molecule has 0 amide bonds. The quantitative estimate of drug-likeness (QED) is 0.820. The molecule has 1 fully saturated rings. The number of benzene rings is 1. The normalized spacial score (nSPS) is 26.8. The van der Waals surface area contributed by atoms with Crippen LogP contribution in [-0.4, -0.2) is 17.6 Å². The van der Waals surface area contributed by atoms with E-state index in [9.17, 15) is 9.18 Å². The Balaban J connectivity index is 1.91. The Bertz CT molecular complexity index is 435. The molecule has 1 aliphatic carbocycles. The fourth-order valence-corrected chi connectivity index (χ4v) is 2.39. The third kappa shape index (κ3) is 2.31. The first kappa shape index (κ1) is 12.0. The van der Waals surface area contributed by atoms with Gasteiger partial charge >= 0.3 is 5.97 Å². The zero-order valence-corrected chi connectivity index (χ0v) is 9.53. The van der Waals surface area contributed by atoms with Crippen molar-refractivity contribution in [2.45, 2.75) is 19.3 Å². The molecule has 2 atom stereocenters. The molecule has 4 heteroatoms. The average Bonchev–Trinajstić information content (AvgIpc) is 3.01. The van der Waals surface area contributed by atoms with Crippen molar-refractivity contribution in [1.29, 1.82) is 0 Å². The Labute approximate surface area is 99.4 Å². The van der Waals surface area contributed by atoms with E-state index in [0.717, 1.165) is 12.0 Å². The molecule has 1 saturated carbocycles. The zero-order chi connectivity index (χ0) is 12.5. The first-order chi connectivity index (χ1) is 8.08. The molecular weight excluding hydrogens is 221 g/mol. The van der Waals surface area contributed by atoms with Gasteiger partial charge in [0, 0.05) is 6.54 Å². The van der Waals surface area contributed by atoms with Crippen LogP contribution >= 0.6 is 0 Å². The van der Waals surface area contributed by atoms with Gasteiger partial charge in [-0.25, -0.2) is 4.39 Å². The highest BCUT2D eigenvalue weighted by Gasteiger charge is 2.58. The molecule has 17 heavy (non-hydrogen) atoms. The van der Waals surface area contributed by atoms with Crippen molar-refractivity contribution >= 4 is 5.97 Å². The van der Waals surface area contributed by atoms with Crippen molar-refractivity contribution in [3.63, 3.8) is 0 Å². The molecule has 3 N–H and O–H groups in total. The van der Waals surface area contributed by atoms with Gasteiger partial charge in [0.1, 0.15) is 5.82 Å². The van der Waals surface area contributed by atoms with E-state index in [2.05, 4.69) is 0 Å². The topological polar surface area (TPSA) is 63.3 Å². The lowest BCUT2D eigenvalue weighted by molar-refractivity contribution is -0.143. The summed E-state index contributed by atoms with van der Waals surface area (Å²) in [6, 6.07) is 6.43. The van der Waals surface area contributed by atoms with Gasteiger partial charge in [-0.05, 0) is 42.9 Å². The van der Waals surface area contributed by atoms with E-state index < -0.39 is 11.4 Å². The molecule has 0 spiro atoms. The van der Waals surface area contributed by atoms with Gasteiger partial charge in [0.25, 0.3) is 0 Å². The second kappa shape index (κ2) is 4.45. The van der Waals surface area contributed by atoms with Gasteiger partial charge in [0.15, 0.2) is 0 Å². The fraction of sp³-hybridized carbons (Fsp3) is 0.462. The molecule has 0 radical (unpaired) electrons. The van der Waals surface area contributed by atoms with Crippen LogP contribution < -0.4 is 5.73 Å². The molecule has 2 unspecified atom stereocenters. The van der Waals surface area contributed by atoms with Gasteiger partial charge < -0.3 is 10.8 Å². The lowest BCUT2D eigenvalue weighted by Gasteiger charge is -2.08. The molecule has 0 heterocycles. The smallest absolute Gasteiger partial charge is 0.311 e. The van der Waals surface area contributed by atoms with Gasteiger partial charge in [-0.3, -0.25) is 4.79 Å². The molecule has 0 saturated heterocycles. The Morgan fingerprint density at radius 1 is 1.59 bits per heavy atom. The van der Waals surface area contributed by atoms with E-state index in [4.69, 9.17) is 10.8 Å². The lowest BCUT2D eigenvalue weighted by Crippen LogP contribution is -2.27. The third-order valence-electron chi connectivity index (χ3n) is 3.69. The Morgan fingerprint density at radius 2 is 2.35 bits per heavy atom. The third-order valence-corrected chi connectivity index (χ3v) is 3.69. The first-order valence-electron chi connectivity index (χ1n) is 5.76. The summed E-state index contributed by atoms with van der Waals surface area (Å²) in [7, 11) is 0. The maximum Gasteiger partial charge on any atom is 0.311 e. The molecule has 92 valence electrons. The van der Waals surface area contributed by atoms with E-state index in [1.807, 2.05) is 6.07 Å². The monoisotopic (exact) mass is 237 g/mol. The number of hydrogen-bond acceptors (Lipinski definition) is 2. The molecule has 1 aromatic rings. The van der Waals surface area contributed by atoms with Crippen molar-refractivity contribution in [2.75, 3.05) is 6.54 Å². The maximum atomic E-state index is 12.9. The van der Waals surface area contributed by atoms with Crippen molar-refractivity contribution < 1.29 is 14.3 Å². The minimum atomic E-state index is -0.802. The van der Waals surface area contributed by atoms with E-state index in [1.54, 1.807) is 6.07 Å². The Kier molecular flexibility index (Phi) is 3.15. The molecule has 0 aromatic heterocycles. The second-order valence-corrected chi connectivity index (χ2v) is 4.74. The molecular formula is C13H16FNO2. The summed E-state index contributed by atoms with van der Waals surface area (Å²) in [6.45, 7) is 0.191. The van der Waals surface area contributed by atoms with Crippen LogP contribution in [0.15, 0.2) is 24.3 Å². The maximum absolute atomic E-state index is 12.9. The average molecular weight is 237 g/mol. The van der Waals surface area contributed by atoms with Crippen LogP contribution in [0.25, 0.3) is 0 Å².